The van der Waals surface area contributed by atoms with Crippen LogP contribution in [0, 0.1) is 6.92 Å². The summed E-state index contributed by atoms with van der Waals surface area (Å²) in [5.41, 5.74) is 4.20. The van der Waals surface area contributed by atoms with E-state index in [1.54, 1.807) is 24.3 Å². The molecule has 0 heterocycles. The van der Waals surface area contributed by atoms with E-state index in [1.165, 1.54) is 16.7 Å². The van der Waals surface area contributed by atoms with Gasteiger partial charge in [0.1, 0.15) is 11.5 Å². The van der Waals surface area contributed by atoms with Gasteiger partial charge in [-0.1, -0.05) is 94.4 Å². The number of aromatic hydroxyl groups is 2. The van der Waals surface area contributed by atoms with Crippen molar-refractivity contribution < 1.29 is 10.2 Å². The highest BCUT2D eigenvalue weighted by molar-refractivity contribution is 5.85. The Morgan fingerprint density at radius 2 is 1.10 bits per heavy atom. The van der Waals surface area contributed by atoms with Crippen molar-refractivity contribution in [1.29, 1.82) is 0 Å². The first-order valence-corrected chi connectivity index (χ1v) is 10.4. The number of rotatable bonds is 2. The second kappa shape index (κ2) is 10.5. The van der Waals surface area contributed by atoms with Crippen LogP contribution in [-0.4, -0.2) is 10.2 Å². The lowest BCUT2D eigenvalue weighted by Gasteiger charge is -2.27. The van der Waals surface area contributed by atoms with Crippen LogP contribution in [0.15, 0.2) is 91.0 Å². The number of hydrogen-bond donors (Lipinski definition) is 2. The van der Waals surface area contributed by atoms with Gasteiger partial charge in [0.05, 0.1) is 0 Å². The van der Waals surface area contributed by atoms with Gasteiger partial charge in [-0.3, -0.25) is 0 Å². The molecule has 0 radical (unpaired) electrons. The number of benzene rings is 4. The molecule has 0 unspecified atom stereocenters. The zero-order valence-electron chi connectivity index (χ0n) is 18.6. The fraction of sp³-hybridized carbons (Fsp3) is 0.214. The van der Waals surface area contributed by atoms with Crippen molar-refractivity contribution in [2.75, 3.05) is 0 Å². The molecule has 0 aliphatic carbocycles. The summed E-state index contributed by atoms with van der Waals surface area (Å²) in [6.07, 6.45) is 0. The maximum Gasteiger partial charge on any atom is 0.116 e. The predicted octanol–water partition coefficient (Wildman–Crippen LogP) is 7.60. The van der Waals surface area contributed by atoms with Gasteiger partial charge in [-0.2, -0.15) is 0 Å². The second-order valence-corrected chi connectivity index (χ2v) is 7.52. The standard InChI is InChI=1S/C16H18.C10H8O2.C2H6/c1-13-9-7-8-12-15(13)16(2,3)14-10-5-4-6-11-14;11-9-3-1-7-2-4-10(12)6-8(7)5-9;1-2/h4-12H,1-3H3;1-6,11-12H;1-2H3. The molecule has 2 N–H and O–H groups in total. The molecule has 156 valence electrons. The van der Waals surface area contributed by atoms with E-state index in [-0.39, 0.29) is 16.9 Å². The summed E-state index contributed by atoms with van der Waals surface area (Å²) in [5, 5.41) is 20.1. The van der Waals surface area contributed by atoms with Gasteiger partial charge in [-0.15, -0.1) is 0 Å². The Morgan fingerprint density at radius 3 is 1.63 bits per heavy atom. The molecular formula is C28H32O2. The predicted molar refractivity (Wildman–Crippen MR) is 128 cm³/mol. The van der Waals surface area contributed by atoms with Crippen LogP contribution < -0.4 is 0 Å². The molecule has 0 aromatic heterocycles. The minimum absolute atomic E-state index is 0.0760. The van der Waals surface area contributed by atoms with Crippen LogP contribution in [-0.2, 0) is 5.41 Å². The van der Waals surface area contributed by atoms with E-state index < -0.39 is 0 Å². The summed E-state index contributed by atoms with van der Waals surface area (Å²) in [6, 6.07) is 29.4. The van der Waals surface area contributed by atoms with Crippen molar-refractivity contribution in [1.82, 2.24) is 0 Å². The van der Waals surface area contributed by atoms with E-state index in [2.05, 4.69) is 75.4 Å². The van der Waals surface area contributed by atoms with Crippen molar-refractivity contribution in [2.24, 2.45) is 0 Å². The second-order valence-electron chi connectivity index (χ2n) is 7.52. The van der Waals surface area contributed by atoms with Crippen molar-refractivity contribution in [2.45, 2.75) is 40.0 Å². The zero-order chi connectivity index (χ0) is 22.1. The van der Waals surface area contributed by atoms with Gasteiger partial charge in [0.25, 0.3) is 0 Å². The Balaban J connectivity index is 0.000000204. The van der Waals surface area contributed by atoms with Crippen LogP contribution in [0.3, 0.4) is 0 Å². The molecule has 4 aromatic carbocycles. The number of phenolic OH excluding ortho intramolecular Hbond substituents is 2. The normalized spacial score (nSPS) is 10.4. The smallest absolute Gasteiger partial charge is 0.116 e. The summed E-state index contributed by atoms with van der Waals surface area (Å²) in [5.74, 6) is 0.432. The lowest BCUT2D eigenvalue weighted by Crippen LogP contribution is -2.19. The topological polar surface area (TPSA) is 40.5 Å². The van der Waals surface area contributed by atoms with E-state index in [0.717, 1.165) is 10.8 Å². The van der Waals surface area contributed by atoms with Crippen LogP contribution in [0.5, 0.6) is 11.5 Å². The van der Waals surface area contributed by atoms with Gasteiger partial charge < -0.3 is 10.2 Å². The molecule has 0 atom stereocenters. The molecule has 4 rings (SSSR count). The van der Waals surface area contributed by atoms with Gasteiger partial charge in [0, 0.05) is 5.41 Å². The van der Waals surface area contributed by atoms with Gasteiger partial charge in [-0.25, -0.2) is 0 Å². The molecule has 2 heteroatoms. The van der Waals surface area contributed by atoms with Crippen LogP contribution in [0.1, 0.15) is 44.4 Å². The summed E-state index contributed by atoms with van der Waals surface area (Å²) in [4.78, 5) is 0. The first-order valence-electron chi connectivity index (χ1n) is 10.4. The highest BCUT2D eigenvalue weighted by Gasteiger charge is 2.23. The molecule has 4 aromatic rings. The third kappa shape index (κ3) is 5.64. The van der Waals surface area contributed by atoms with Crippen molar-refractivity contribution in [3.8, 4) is 11.5 Å². The summed E-state index contributed by atoms with van der Waals surface area (Å²) in [7, 11) is 0. The van der Waals surface area contributed by atoms with Crippen LogP contribution in [0.25, 0.3) is 10.8 Å². The number of fused-ring (bicyclic) bond motifs is 1. The lowest BCUT2D eigenvalue weighted by molar-refractivity contribution is 0.474. The monoisotopic (exact) mass is 400 g/mol. The largest absolute Gasteiger partial charge is 0.508 e. The SMILES string of the molecule is CC.Cc1ccccc1C(C)(C)c1ccccc1.Oc1ccc2ccc(O)cc2c1. The van der Waals surface area contributed by atoms with Gasteiger partial charge >= 0.3 is 0 Å². The maximum absolute atomic E-state index is 9.14. The Bertz CT molecular complexity index is 1030. The van der Waals surface area contributed by atoms with Crippen LogP contribution >= 0.6 is 0 Å². The minimum Gasteiger partial charge on any atom is -0.508 e. The Morgan fingerprint density at radius 1 is 0.600 bits per heavy atom. The lowest BCUT2D eigenvalue weighted by atomic mass is 9.76. The van der Waals surface area contributed by atoms with Gasteiger partial charge in [-0.05, 0) is 58.7 Å². The number of aryl methyl sites for hydroxylation is 1. The Labute approximate surface area is 180 Å². The van der Waals surface area contributed by atoms with Crippen LogP contribution in [0.4, 0.5) is 0 Å². The van der Waals surface area contributed by atoms with E-state index in [9.17, 15) is 0 Å². The molecule has 0 amide bonds. The number of hydrogen-bond acceptors (Lipinski definition) is 2. The van der Waals surface area contributed by atoms with E-state index >= 15 is 0 Å². The van der Waals surface area contributed by atoms with Crippen LogP contribution in [0.2, 0.25) is 0 Å². The Kier molecular flexibility index (Phi) is 8.06. The third-order valence-electron chi connectivity index (χ3n) is 5.12. The average molecular weight is 401 g/mol. The molecule has 0 saturated heterocycles. The maximum atomic E-state index is 9.14. The quantitative estimate of drug-likeness (QED) is 0.364. The van der Waals surface area contributed by atoms with E-state index in [0.29, 0.717) is 0 Å². The summed E-state index contributed by atoms with van der Waals surface area (Å²) >= 11 is 0. The molecule has 0 fully saturated rings. The summed E-state index contributed by atoms with van der Waals surface area (Å²) < 4.78 is 0. The highest BCUT2D eigenvalue weighted by Crippen LogP contribution is 2.33. The highest BCUT2D eigenvalue weighted by atomic mass is 16.3. The third-order valence-corrected chi connectivity index (χ3v) is 5.12. The molecule has 0 spiro atoms. The van der Waals surface area contributed by atoms with E-state index in [4.69, 9.17) is 10.2 Å². The van der Waals surface area contributed by atoms with Gasteiger partial charge in [0.2, 0.25) is 0 Å². The van der Waals surface area contributed by atoms with Crippen molar-refractivity contribution >= 4 is 10.8 Å². The first-order chi connectivity index (χ1) is 14.4. The minimum atomic E-state index is 0.0760. The van der Waals surface area contributed by atoms with E-state index in [1.807, 2.05) is 26.0 Å². The molecule has 30 heavy (non-hydrogen) atoms. The molecule has 0 saturated carbocycles. The molecular weight excluding hydrogens is 368 g/mol. The van der Waals surface area contributed by atoms with Gasteiger partial charge in [0.15, 0.2) is 0 Å². The first kappa shape index (κ1) is 23.0. The fourth-order valence-corrected chi connectivity index (χ4v) is 3.51. The van der Waals surface area contributed by atoms with Crippen molar-refractivity contribution in [3.05, 3.63) is 108 Å². The molecule has 0 aliphatic rings. The van der Waals surface area contributed by atoms with Crippen molar-refractivity contribution in [3.63, 3.8) is 0 Å². The molecule has 0 bridgehead atoms. The molecule has 0 aliphatic heterocycles. The molecule has 2 nitrogen and oxygen atoms in total. The summed E-state index contributed by atoms with van der Waals surface area (Å²) in [6.45, 7) is 10.7. The number of phenols is 2. The fourth-order valence-electron chi connectivity index (χ4n) is 3.51. The Hall–Kier alpha value is -3.26. The zero-order valence-corrected chi connectivity index (χ0v) is 18.6. The average Bonchev–Trinajstić information content (AvgIpc) is 2.76.